The summed E-state index contributed by atoms with van der Waals surface area (Å²) >= 11 is 0. The fraction of sp³-hybridized carbons (Fsp3) is 0.357. The molecule has 6 heteroatoms. The Morgan fingerprint density at radius 3 is 2.85 bits per heavy atom. The predicted molar refractivity (Wildman–Crippen MR) is 74.1 cm³/mol. The molecule has 1 saturated heterocycles. The van der Waals surface area contributed by atoms with Gasteiger partial charge in [0.15, 0.2) is 5.69 Å². The summed E-state index contributed by atoms with van der Waals surface area (Å²) in [6.45, 7) is 1.91. The van der Waals surface area contributed by atoms with Crippen molar-refractivity contribution in [2.75, 3.05) is 13.1 Å². The van der Waals surface area contributed by atoms with Crippen LogP contribution in [0.15, 0.2) is 36.5 Å². The fourth-order valence-corrected chi connectivity index (χ4v) is 2.38. The van der Waals surface area contributed by atoms with Crippen LogP contribution >= 0.6 is 0 Å². The number of carbonyl (C=O) groups excluding carboxylic acids is 1. The molecule has 2 N–H and O–H groups in total. The minimum absolute atomic E-state index is 0.0818. The number of hydrogen-bond acceptors (Lipinski definition) is 4. The van der Waals surface area contributed by atoms with Gasteiger partial charge in [-0.05, 0) is 12.0 Å². The Labute approximate surface area is 117 Å². The van der Waals surface area contributed by atoms with E-state index in [-0.39, 0.29) is 11.9 Å². The number of benzene rings is 1. The van der Waals surface area contributed by atoms with Crippen LogP contribution in [0.5, 0.6) is 0 Å². The fourth-order valence-electron chi connectivity index (χ4n) is 2.38. The lowest BCUT2D eigenvalue weighted by atomic mass is 10.2. The quantitative estimate of drug-likeness (QED) is 0.882. The Bertz CT molecular complexity index is 595. The van der Waals surface area contributed by atoms with Crippen molar-refractivity contribution in [3.05, 3.63) is 47.8 Å². The van der Waals surface area contributed by atoms with E-state index in [1.807, 2.05) is 30.3 Å². The minimum Gasteiger partial charge on any atom is -0.336 e. The largest absolute Gasteiger partial charge is 0.336 e. The molecule has 0 unspecified atom stereocenters. The van der Waals surface area contributed by atoms with E-state index in [0.717, 1.165) is 12.0 Å². The van der Waals surface area contributed by atoms with E-state index in [2.05, 4.69) is 10.3 Å². The van der Waals surface area contributed by atoms with Crippen LogP contribution in [0.3, 0.4) is 0 Å². The van der Waals surface area contributed by atoms with Crippen LogP contribution in [0.4, 0.5) is 0 Å². The number of rotatable bonds is 3. The van der Waals surface area contributed by atoms with Gasteiger partial charge in [0.25, 0.3) is 5.91 Å². The van der Waals surface area contributed by atoms with E-state index >= 15 is 0 Å². The second kappa shape index (κ2) is 5.42. The third-order valence-corrected chi connectivity index (χ3v) is 3.46. The third kappa shape index (κ3) is 2.70. The highest BCUT2D eigenvalue weighted by Crippen LogP contribution is 2.11. The Hall–Kier alpha value is -2.21. The van der Waals surface area contributed by atoms with Crippen LogP contribution in [0.25, 0.3) is 0 Å². The van der Waals surface area contributed by atoms with Gasteiger partial charge in [-0.2, -0.15) is 0 Å². The number of carbonyl (C=O) groups is 1. The van der Waals surface area contributed by atoms with Gasteiger partial charge >= 0.3 is 0 Å². The summed E-state index contributed by atoms with van der Waals surface area (Å²) in [5, 5.41) is 7.97. The van der Waals surface area contributed by atoms with Gasteiger partial charge in [-0.3, -0.25) is 4.79 Å². The molecule has 6 nitrogen and oxygen atoms in total. The Balaban J connectivity index is 1.69. The molecule has 2 heterocycles. The zero-order chi connectivity index (χ0) is 13.9. The molecule has 1 aliphatic heterocycles. The number of hydrogen-bond donors (Lipinski definition) is 1. The molecule has 1 fully saturated rings. The average Bonchev–Trinajstić information content (AvgIpc) is 3.08. The first kappa shape index (κ1) is 12.8. The lowest BCUT2D eigenvalue weighted by Crippen LogP contribution is -2.32. The molecule has 1 aromatic carbocycles. The lowest BCUT2D eigenvalue weighted by molar-refractivity contribution is 0.0785. The maximum atomic E-state index is 12.2. The first-order valence-corrected chi connectivity index (χ1v) is 6.71. The van der Waals surface area contributed by atoms with Crippen LogP contribution in [0.2, 0.25) is 0 Å². The van der Waals surface area contributed by atoms with Gasteiger partial charge in [0.1, 0.15) is 0 Å². The van der Waals surface area contributed by atoms with E-state index in [0.29, 0.717) is 25.3 Å². The van der Waals surface area contributed by atoms with Crippen molar-refractivity contribution in [2.24, 2.45) is 5.73 Å². The van der Waals surface area contributed by atoms with Crippen LogP contribution in [-0.4, -0.2) is 44.9 Å². The highest BCUT2D eigenvalue weighted by Gasteiger charge is 2.26. The molecule has 0 radical (unpaired) electrons. The molecule has 1 aromatic heterocycles. The summed E-state index contributed by atoms with van der Waals surface area (Å²) < 4.78 is 1.68. The summed E-state index contributed by atoms with van der Waals surface area (Å²) in [5.74, 6) is -0.0859. The van der Waals surface area contributed by atoms with Gasteiger partial charge in [0.05, 0.1) is 12.7 Å². The van der Waals surface area contributed by atoms with Crippen molar-refractivity contribution in [1.29, 1.82) is 0 Å². The second-order valence-electron chi connectivity index (χ2n) is 5.09. The van der Waals surface area contributed by atoms with E-state index in [1.54, 1.807) is 15.8 Å². The molecule has 1 amide bonds. The van der Waals surface area contributed by atoms with Crippen molar-refractivity contribution in [2.45, 2.75) is 19.0 Å². The van der Waals surface area contributed by atoms with Gasteiger partial charge in [-0.1, -0.05) is 35.5 Å². The van der Waals surface area contributed by atoms with E-state index in [4.69, 9.17) is 5.73 Å². The molecule has 0 bridgehead atoms. The zero-order valence-corrected chi connectivity index (χ0v) is 11.1. The van der Waals surface area contributed by atoms with Crippen LogP contribution in [0.1, 0.15) is 22.5 Å². The number of aromatic nitrogens is 3. The molecule has 0 spiro atoms. The van der Waals surface area contributed by atoms with Gasteiger partial charge in [-0.15, -0.1) is 5.10 Å². The van der Waals surface area contributed by atoms with E-state index in [1.165, 1.54) is 0 Å². The topological polar surface area (TPSA) is 77.0 Å². The van der Waals surface area contributed by atoms with E-state index in [9.17, 15) is 4.79 Å². The Morgan fingerprint density at radius 2 is 2.15 bits per heavy atom. The first-order chi connectivity index (χ1) is 9.72. The van der Waals surface area contributed by atoms with E-state index < -0.39 is 0 Å². The maximum absolute atomic E-state index is 12.2. The average molecular weight is 271 g/mol. The van der Waals surface area contributed by atoms with Crippen LogP contribution in [0, 0.1) is 0 Å². The Morgan fingerprint density at radius 1 is 1.35 bits per heavy atom. The lowest BCUT2D eigenvalue weighted by Gasteiger charge is -2.13. The molecular formula is C14H17N5O. The number of amides is 1. The first-order valence-electron chi connectivity index (χ1n) is 6.71. The predicted octanol–water partition coefficient (Wildman–Crippen LogP) is 0.500. The minimum atomic E-state index is -0.0859. The van der Waals surface area contributed by atoms with Crippen LogP contribution < -0.4 is 5.73 Å². The van der Waals surface area contributed by atoms with Crippen LogP contribution in [-0.2, 0) is 6.54 Å². The molecule has 20 heavy (non-hydrogen) atoms. The molecule has 2 aromatic rings. The Kier molecular flexibility index (Phi) is 3.47. The number of likely N-dealkylation sites (tertiary alicyclic amines) is 1. The number of nitrogens with two attached hydrogens (primary N) is 1. The van der Waals surface area contributed by atoms with Crippen molar-refractivity contribution in [3.63, 3.8) is 0 Å². The summed E-state index contributed by atoms with van der Waals surface area (Å²) in [6, 6.07) is 10.0. The maximum Gasteiger partial charge on any atom is 0.276 e. The molecule has 1 aliphatic rings. The van der Waals surface area contributed by atoms with Gasteiger partial charge in [-0.25, -0.2) is 4.68 Å². The summed E-state index contributed by atoms with van der Waals surface area (Å²) in [6.07, 6.45) is 2.54. The monoisotopic (exact) mass is 271 g/mol. The molecule has 1 atom stereocenters. The molecule has 3 rings (SSSR count). The highest BCUT2D eigenvalue weighted by atomic mass is 16.2. The summed E-state index contributed by atoms with van der Waals surface area (Å²) in [4.78, 5) is 14.0. The number of nitrogens with zero attached hydrogens (tertiary/aromatic N) is 4. The van der Waals surface area contributed by atoms with Gasteiger partial charge < -0.3 is 10.6 Å². The van der Waals surface area contributed by atoms with Crippen molar-refractivity contribution in [3.8, 4) is 0 Å². The summed E-state index contributed by atoms with van der Waals surface area (Å²) in [5.41, 5.74) is 7.32. The molecule has 104 valence electrons. The van der Waals surface area contributed by atoms with Gasteiger partial charge in [0, 0.05) is 19.1 Å². The smallest absolute Gasteiger partial charge is 0.276 e. The van der Waals surface area contributed by atoms with Crippen molar-refractivity contribution in [1.82, 2.24) is 19.9 Å². The van der Waals surface area contributed by atoms with Crippen molar-refractivity contribution >= 4 is 5.91 Å². The molecular weight excluding hydrogens is 254 g/mol. The third-order valence-electron chi connectivity index (χ3n) is 3.46. The SMILES string of the molecule is N[C@@H]1CCN(C(=O)c2cn(Cc3ccccc3)nn2)C1. The van der Waals surface area contributed by atoms with Crippen molar-refractivity contribution < 1.29 is 4.79 Å². The zero-order valence-electron chi connectivity index (χ0n) is 11.1. The summed E-state index contributed by atoms with van der Waals surface area (Å²) in [7, 11) is 0. The molecule has 0 aliphatic carbocycles. The molecule has 0 saturated carbocycles. The standard InChI is InChI=1S/C14H17N5O/c15-12-6-7-18(9-12)14(20)13-10-19(17-16-13)8-11-4-2-1-3-5-11/h1-5,10,12H,6-9,15H2/t12-/m1/s1. The second-order valence-corrected chi connectivity index (χ2v) is 5.09. The van der Waals surface area contributed by atoms with Gasteiger partial charge in [0.2, 0.25) is 0 Å². The highest BCUT2D eigenvalue weighted by molar-refractivity contribution is 5.92. The normalized spacial score (nSPS) is 18.4.